The van der Waals surface area contributed by atoms with Gasteiger partial charge in [-0.1, -0.05) is 13.8 Å². The predicted octanol–water partition coefficient (Wildman–Crippen LogP) is 2.63. The van der Waals surface area contributed by atoms with E-state index in [2.05, 4.69) is 25.2 Å². The summed E-state index contributed by atoms with van der Waals surface area (Å²) in [5.41, 5.74) is 1.38. The van der Waals surface area contributed by atoms with E-state index in [-0.39, 0.29) is 0 Å². The van der Waals surface area contributed by atoms with Crippen molar-refractivity contribution in [3.63, 3.8) is 0 Å². The van der Waals surface area contributed by atoms with Crippen LogP contribution in [0.25, 0.3) is 0 Å². The number of furan rings is 1. The minimum atomic E-state index is 0.751. The van der Waals surface area contributed by atoms with Crippen LogP contribution in [0.3, 0.4) is 0 Å². The molecule has 1 N–H and O–H groups in total. The van der Waals surface area contributed by atoms with Crippen LogP contribution in [0.2, 0.25) is 0 Å². The summed E-state index contributed by atoms with van der Waals surface area (Å²) < 4.78 is 5.09. The van der Waals surface area contributed by atoms with Gasteiger partial charge in [0.15, 0.2) is 0 Å². The first-order valence-electron chi connectivity index (χ1n) is 5.50. The van der Waals surface area contributed by atoms with Crippen LogP contribution in [-0.2, 0) is 0 Å². The Hall–Kier alpha value is -0.760. The topological polar surface area (TPSA) is 25.2 Å². The van der Waals surface area contributed by atoms with Crippen LogP contribution in [0.4, 0.5) is 0 Å². The van der Waals surface area contributed by atoms with Gasteiger partial charge in [-0.3, -0.25) is 0 Å². The molecule has 0 saturated heterocycles. The van der Waals surface area contributed by atoms with E-state index in [1.165, 1.54) is 12.0 Å². The minimum Gasteiger partial charge on any atom is -0.472 e. The molecule has 78 valence electrons. The predicted molar refractivity (Wildman–Crippen MR) is 57.3 cm³/mol. The number of rotatable bonds is 5. The van der Waals surface area contributed by atoms with Crippen molar-refractivity contribution in [2.24, 2.45) is 11.8 Å². The minimum absolute atomic E-state index is 0.751. The zero-order chi connectivity index (χ0) is 9.97. The van der Waals surface area contributed by atoms with E-state index in [9.17, 15) is 0 Å². The Kier molecular flexibility index (Phi) is 2.92. The van der Waals surface area contributed by atoms with Crippen LogP contribution in [0, 0.1) is 11.8 Å². The number of hydrogen-bond donors (Lipinski definition) is 1. The zero-order valence-electron chi connectivity index (χ0n) is 8.99. The van der Waals surface area contributed by atoms with Crippen LogP contribution >= 0.6 is 0 Å². The summed E-state index contributed by atoms with van der Waals surface area (Å²) in [4.78, 5) is 0. The lowest BCUT2D eigenvalue weighted by Crippen LogP contribution is -2.22. The molecule has 1 aromatic rings. The maximum absolute atomic E-state index is 5.09. The highest BCUT2D eigenvalue weighted by Gasteiger charge is 2.38. The van der Waals surface area contributed by atoms with Crippen molar-refractivity contribution in [2.45, 2.75) is 26.2 Å². The van der Waals surface area contributed by atoms with Gasteiger partial charge in [0.05, 0.1) is 12.5 Å². The van der Waals surface area contributed by atoms with Crippen LogP contribution < -0.4 is 5.32 Å². The fourth-order valence-electron chi connectivity index (χ4n) is 1.92. The molecule has 2 rings (SSSR count). The van der Waals surface area contributed by atoms with Gasteiger partial charge in [0.25, 0.3) is 0 Å². The molecule has 1 fully saturated rings. The van der Waals surface area contributed by atoms with Crippen molar-refractivity contribution < 1.29 is 4.42 Å². The summed E-state index contributed by atoms with van der Waals surface area (Å²) in [5.74, 6) is 2.35. The van der Waals surface area contributed by atoms with Gasteiger partial charge in [0.2, 0.25) is 0 Å². The molecule has 14 heavy (non-hydrogen) atoms. The molecular formula is C12H19NO. The molecule has 2 nitrogen and oxygen atoms in total. The Balaban J connectivity index is 1.67. The lowest BCUT2D eigenvalue weighted by molar-refractivity contribution is 0.531. The summed E-state index contributed by atoms with van der Waals surface area (Å²) in [6.45, 7) is 6.78. The normalized spacial score (nSPS) is 25.6. The Morgan fingerprint density at radius 1 is 1.57 bits per heavy atom. The third kappa shape index (κ3) is 2.38. The van der Waals surface area contributed by atoms with Gasteiger partial charge >= 0.3 is 0 Å². The molecule has 0 spiro atoms. The molecule has 1 heterocycles. The summed E-state index contributed by atoms with van der Waals surface area (Å²) in [7, 11) is 0. The van der Waals surface area contributed by atoms with E-state index >= 15 is 0 Å². The third-order valence-corrected chi connectivity index (χ3v) is 2.85. The van der Waals surface area contributed by atoms with Crippen molar-refractivity contribution in [3.05, 3.63) is 24.2 Å². The van der Waals surface area contributed by atoms with E-state index in [1.807, 2.05) is 6.26 Å². The maximum Gasteiger partial charge on any atom is 0.0937 e. The van der Waals surface area contributed by atoms with Crippen LogP contribution in [0.1, 0.15) is 31.7 Å². The molecule has 2 unspecified atom stereocenters. The van der Waals surface area contributed by atoms with Crippen molar-refractivity contribution in [1.29, 1.82) is 0 Å². The highest BCUT2D eigenvalue weighted by molar-refractivity contribution is 5.21. The quantitative estimate of drug-likeness (QED) is 0.777. The molecule has 1 aromatic heterocycles. The van der Waals surface area contributed by atoms with Crippen molar-refractivity contribution in [1.82, 2.24) is 5.32 Å². The molecule has 0 amide bonds. The monoisotopic (exact) mass is 193 g/mol. The second-order valence-corrected chi connectivity index (χ2v) is 4.71. The van der Waals surface area contributed by atoms with Crippen LogP contribution in [-0.4, -0.2) is 13.1 Å². The average molecular weight is 193 g/mol. The first-order valence-corrected chi connectivity index (χ1v) is 5.50. The lowest BCUT2D eigenvalue weighted by atomic mass is 10.2. The van der Waals surface area contributed by atoms with Gasteiger partial charge in [0.1, 0.15) is 0 Å². The molecule has 0 radical (unpaired) electrons. The Bertz CT molecular complexity index is 266. The first-order chi connectivity index (χ1) is 6.77. The molecule has 1 saturated carbocycles. The summed E-state index contributed by atoms with van der Waals surface area (Å²) >= 11 is 0. The lowest BCUT2D eigenvalue weighted by Gasteiger charge is -2.06. The molecule has 0 aromatic carbocycles. The summed E-state index contributed by atoms with van der Waals surface area (Å²) in [5, 5.41) is 3.51. The Labute approximate surface area is 85.7 Å². The molecule has 0 bridgehead atoms. The second kappa shape index (κ2) is 4.18. The van der Waals surface area contributed by atoms with Gasteiger partial charge in [-0.2, -0.15) is 0 Å². The van der Waals surface area contributed by atoms with Gasteiger partial charge in [-0.05, 0) is 48.9 Å². The van der Waals surface area contributed by atoms with Gasteiger partial charge in [-0.15, -0.1) is 0 Å². The van der Waals surface area contributed by atoms with Gasteiger partial charge in [-0.25, -0.2) is 0 Å². The van der Waals surface area contributed by atoms with Gasteiger partial charge in [0, 0.05) is 0 Å². The fraction of sp³-hybridized carbons (Fsp3) is 0.667. The van der Waals surface area contributed by atoms with Crippen molar-refractivity contribution in [3.8, 4) is 0 Å². The van der Waals surface area contributed by atoms with Gasteiger partial charge < -0.3 is 9.73 Å². The molecule has 1 aliphatic carbocycles. The van der Waals surface area contributed by atoms with Crippen molar-refractivity contribution in [2.75, 3.05) is 13.1 Å². The average Bonchev–Trinajstić information content (AvgIpc) is 2.72. The molecular weight excluding hydrogens is 174 g/mol. The Morgan fingerprint density at radius 3 is 3.07 bits per heavy atom. The third-order valence-electron chi connectivity index (χ3n) is 2.85. The van der Waals surface area contributed by atoms with Crippen molar-refractivity contribution >= 4 is 0 Å². The van der Waals surface area contributed by atoms with E-state index in [1.54, 1.807) is 6.26 Å². The van der Waals surface area contributed by atoms with E-state index < -0.39 is 0 Å². The summed E-state index contributed by atoms with van der Waals surface area (Å²) in [6, 6.07) is 2.09. The summed E-state index contributed by atoms with van der Waals surface area (Å²) in [6.07, 6.45) is 4.98. The zero-order valence-corrected chi connectivity index (χ0v) is 8.99. The molecule has 1 aliphatic rings. The number of nitrogens with one attached hydrogen (secondary N) is 1. The standard InChI is InChI=1S/C12H19NO/c1-9(2)6-13-7-11-5-12(11)10-3-4-14-8-10/h3-4,8-9,11-13H,5-7H2,1-2H3. The molecule has 2 heteroatoms. The highest BCUT2D eigenvalue weighted by Crippen LogP contribution is 2.46. The molecule has 2 atom stereocenters. The molecule has 0 aliphatic heterocycles. The number of hydrogen-bond acceptors (Lipinski definition) is 2. The van der Waals surface area contributed by atoms with E-state index in [0.717, 1.165) is 30.8 Å². The maximum atomic E-state index is 5.09. The fourth-order valence-corrected chi connectivity index (χ4v) is 1.92. The van der Waals surface area contributed by atoms with Crippen LogP contribution in [0.5, 0.6) is 0 Å². The second-order valence-electron chi connectivity index (χ2n) is 4.71. The largest absolute Gasteiger partial charge is 0.472 e. The van der Waals surface area contributed by atoms with E-state index in [4.69, 9.17) is 4.42 Å². The first kappa shape index (κ1) is 9.78. The van der Waals surface area contributed by atoms with E-state index in [0.29, 0.717) is 0 Å². The Morgan fingerprint density at radius 2 is 2.43 bits per heavy atom. The van der Waals surface area contributed by atoms with Crippen LogP contribution in [0.15, 0.2) is 23.0 Å². The smallest absolute Gasteiger partial charge is 0.0937 e. The highest BCUT2D eigenvalue weighted by atomic mass is 16.3. The SMILES string of the molecule is CC(C)CNCC1CC1c1ccoc1.